The van der Waals surface area contributed by atoms with E-state index in [-0.39, 0.29) is 29.3 Å². The lowest BCUT2D eigenvalue weighted by molar-refractivity contribution is -0.314. The first-order chi connectivity index (χ1) is 16.9. The number of hydrogen-bond donors (Lipinski definition) is 0. The zero-order chi connectivity index (χ0) is 26.4. The molecule has 0 radical (unpaired) electrons. The summed E-state index contributed by atoms with van der Waals surface area (Å²) >= 11 is 4.18. The van der Waals surface area contributed by atoms with Crippen molar-refractivity contribution in [3.8, 4) is 0 Å². The van der Waals surface area contributed by atoms with E-state index in [0.29, 0.717) is 17.8 Å². The molecule has 2 aliphatic heterocycles. The molecule has 0 saturated carbocycles. The highest BCUT2D eigenvalue weighted by atomic mass is 32.2. The van der Waals surface area contributed by atoms with Gasteiger partial charge in [-0.05, 0) is 61.9 Å². The van der Waals surface area contributed by atoms with Crippen molar-refractivity contribution in [1.82, 2.24) is 0 Å². The highest BCUT2D eigenvalue weighted by Crippen LogP contribution is 2.43. The van der Waals surface area contributed by atoms with Crippen LogP contribution in [-0.2, 0) is 25.2 Å². The van der Waals surface area contributed by atoms with Crippen LogP contribution >= 0.6 is 23.5 Å². The Morgan fingerprint density at radius 2 is 1.81 bits per heavy atom. The molecule has 0 unspecified atom stereocenters. The van der Waals surface area contributed by atoms with E-state index < -0.39 is 14.1 Å². The molecule has 0 aromatic heterocycles. The van der Waals surface area contributed by atoms with Crippen LogP contribution in [0.25, 0.3) is 0 Å². The van der Waals surface area contributed by atoms with Crippen molar-refractivity contribution in [3.63, 3.8) is 0 Å². The molecule has 36 heavy (non-hydrogen) atoms. The molecule has 2 saturated heterocycles. The number of hydrogen-bond acceptors (Lipinski definition) is 6. The normalized spacial score (nSPS) is 25.3. The van der Waals surface area contributed by atoms with Crippen LogP contribution in [-0.4, -0.2) is 55.1 Å². The highest BCUT2D eigenvalue weighted by Gasteiger charge is 2.45. The smallest absolute Gasteiger partial charge is 0.192 e. The third-order valence-electron chi connectivity index (χ3n) is 7.50. The van der Waals surface area contributed by atoms with E-state index in [1.165, 1.54) is 23.5 Å². The van der Waals surface area contributed by atoms with Gasteiger partial charge in [-0.3, -0.25) is 0 Å². The summed E-state index contributed by atoms with van der Waals surface area (Å²) in [6.07, 6.45) is 5.21. The van der Waals surface area contributed by atoms with Gasteiger partial charge in [-0.25, -0.2) is 0 Å². The minimum absolute atomic E-state index is 0.0232. The van der Waals surface area contributed by atoms with E-state index in [2.05, 4.69) is 82.2 Å². The second kappa shape index (κ2) is 13.2. The zero-order valence-electron chi connectivity index (χ0n) is 23.5. The lowest BCUT2D eigenvalue weighted by Crippen LogP contribution is -2.53. The summed E-state index contributed by atoms with van der Waals surface area (Å²) < 4.78 is 26.7. The summed E-state index contributed by atoms with van der Waals surface area (Å²) in [6, 6.07) is 10.3. The van der Waals surface area contributed by atoms with Gasteiger partial charge in [0.15, 0.2) is 14.1 Å². The van der Waals surface area contributed by atoms with Crippen molar-refractivity contribution in [2.75, 3.05) is 18.1 Å². The van der Waals surface area contributed by atoms with Crippen molar-refractivity contribution in [1.29, 1.82) is 0 Å². The molecule has 4 nitrogen and oxygen atoms in total. The topological polar surface area (TPSA) is 36.9 Å². The SMILES string of the molecule is C=C[C@@H]([C@@H]1C[C@H](COCc2ccccc2)OC(C)(C)O1)[C@H](CC1SCCCS1)O[Si](C)(C)C(C)(C)C. The Hall–Kier alpha value is -0.283. The van der Waals surface area contributed by atoms with Gasteiger partial charge in [-0.1, -0.05) is 57.2 Å². The van der Waals surface area contributed by atoms with E-state index >= 15 is 0 Å². The Bertz CT molecular complexity index is 805. The largest absolute Gasteiger partial charge is 0.413 e. The molecule has 0 amide bonds. The summed E-state index contributed by atoms with van der Waals surface area (Å²) in [5.74, 6) is 1.90. The van der Waals surface area contributed by atoms with Crippen LogP contribution in [0.1, 0.15) is 59.4 Å². The Balaban J connectivity index is 1.74. The maximum atomic E-state index is 7.14. The third kappa shape index (κ3) is 8.89. The highest BCUT2D eigenvalue weighted by molar-refractivity contribution is 8.17. The Morgan fingerprint density at radius 3 is 2.42 bits per heavy atom. The summed E-state index contributed by atoms with van der Waals surface area (Å²) in [7, 11) is -1.98. The number of rotatable bonds is 11. The Morgan fingerprint density at radius 1 is 1.14 bits per heavy atom. The van der Waals surface area contributed by atoms with Gasteiger partial charge in [0.2, 0.25) is 0 Å². The third-order valence-corrected chi connectivity index (χ3v) is 15.0. The molecule has 1 aromatic carbocycles. The van der Waals surface area contributed by atoms with Crippen molar-refractivity contribution >= 4 is 31.8 Å². The first-order valence-corrected chi connectivity index (χ1v) is 18.4. The lowest BCUT2D eigenvalue weighted by Gasteiger charge is -2.47. The number of ether oxygens (including phenoxy) is 3. The first kappa shape index (κ1) is 30.3. The van der Waals surface area contributed by atoms with Crippen LogP contribution in [0.2, 0.25) is 18.1 Å². The van der Waals surface area contributed by atoms with Crippen LogP contribution in [0.4, 0.5) is 0 Å². The second-order valence-corrected chi connectivity index (χ2v) is 19.7. The van der Waals surface area contributed by atoms with Crippen molar-refractivity contribution < 1.29 is 18.6 Å². The monoisotopic (exact) mass is 552 g/mol. The predicted molar refractivity (Wildman–Crippen MR) is 158 cm³/mol. The summed E-state index contributed by atoms with van der Waals surface area (Å²) in [5.41, 5.74) is 1.18. The van der Waals surface area contributed by atoms with Crippen molar-refractivity contribution in [2.24, 2.45) is 5.92 Å². The maximum Gasteiger partial charge on any atom is 0.192 e. The van der Waals surface area contributed by atoms with Gasteiger partial charge in [0.1, 0.15) is 0 Å². The van der Waals surface area contributed by atoms with Crippen LogP contribution in [0.15, 0.2) is 43.0 Å². The quantitative estimate of drug-likeness (QED) is 0.205. The van der Waals surface area contributed by atoms with E-state index in [4.69, 9.17) is 18.6 Å². The fraction of sp³-hybridized carbons (Fsp3) is 0.724. The fourth-order valence-electron chi connectivity index (χ4n) is 4.61. The molecule has 2 fully saturated rings. The molecule has 2 heterocycles. The average Bonchev–Trinajstić information content (AvgIpc) is 2.79. The molecular weight excluding hydrogens is 505 g/mol. The Kier molecular flexibility index (Phi) is 11.1. The van der Waals surface area contributed by atoms with Crippen LogP contribution in [0.3, 0.4) is 0 Å². The first-order valence-electron chi connectivity index (χ1n) is 13.4. The lowest BCUT2D eigenvalue weighted by atomic mass is 9.89. The van der Waals surface area contributed by atoms with Crippen LogP contribution < -0.4 is 0 Å². The summed E-state index contributed by atoms with van der Waals surface area (Å²) in [6.45, 7) is 21.1. The Labute approximate surface area is 229 Å². The van der Waals surface area contributed by atoms with Crippen molar-refractivity contribution in [3.05, 3.63) is 48.6 Å². The average molecular weight is 553 g/mol. The molecular formula is C29H48O4S2Si. The van der Waals surface area contributed by atoms with Gasteiger partial charge >= 0.3 is 0 Å². The molecule has 204 valence electrons. The van der Waals surface area contributed by atoms with E-state index in [1.54, 1.807) is 0 Å². The summed E-state index contributed by atoms with van der Waals surface area (Å²) in [5, 5.41) is 0.146. The van der Waals surface area contributed by atoms with Crippen molar-refractivity contribution in [2.45, 2.75) is 107 Å². The van der Waals surface area contributed by atoms with E-state index in [0.717, 1.165) is 12.8 Å². The molecule has 4 atom stereocenters. The van der Waals surface area contributed by atoms with Gasteiger partial charge < -0.3 is 18.6 Å². The zero-order valence-corrected chi connectivity index (χ0v) is 26.1. The fourth-order valence-corrected chi connectivity index (χ4v) is 8.92. The van der Waals surface area contributed by atoms with E-state index in [1.807, 2.05) is 32.0 Å². The van der Waals surface area contributed by atoms with Crippen LogP contribution in [0, 0.1) is 5.92 Å². The van der Waals surface area contributed by atoms with Gasteiger partial charge in [0, 0.05) is 12.3 Å². The van der Waals surface area contributed by atoms with Gasteiger partial charge in [-0.2, -0.15) is 0 Å². The van der Waals surface area contributed by atoms with E-state index in [9.17, 15) is 0 Å². The van der Waals surface area contributed by atoms with Crippen LogP contribution in [0.5, 0.6) is 0 Å². The second-order valence-electron chi connectivity index (χ2n) is 12.0. The minimum Gasteiger partial charge on any atom is -0.413 e. The van der Waals surface area contributed by atoms with Gasteiger partial charge in [0.25, 0.3) is 0 Å². The standard InChI is InChI=1S/C29H48O4S2Si/c1-9-24(26(19-27-34-16-13-17-35-27)33-36(7,8)28(2,3)4)25-18-23(31-29(5,6)32-25)21-30-20-22-14-11-10-12-15-22/h9-12,14-15,23-27H,1,13,16-21H2,2-8H3/t23-,24+,25+,26+/m1/s1. The van der Waals surface area contributed by atoms with Gasteiger partial charge in [-0.15, -0.1) is 30.1 Å². The van der Waals surface area contributed by atoms with Gasteiger partial charge in [0.05, 0.1) is 36.1 Å². The molecule has 1 aromatic rings. The summed E-state index contributed by atoms with van der Waals surface area (Å²) in [4.78, 5) is 0. The minimum atomic E-state index is -1.98. The molecule has 0 aliphatic carbocycles. The number of benzene rings is 1. The molecule has 2 aliphatic rings. The number of thioether (sulfide) groups is 2. The molecule has 7 heteroatoms. The molecule has 0 spiro atoms. The predicted octanol–water partition coefficient (Wildman–Crippen LogP) is 7.89. The molecule has 0 N–H and O–H groups in total. The molecule has 3 rings (SSSR count). The maximum absolute atomic E-state index is 7.14. The molecule has 0 bridgehead atoms.